The summed E-state index contributed by atoms with van der Waals surface area (Å²) < 4.78 is 5.32. The molecule has 1 saturated heterocycles. The van der Waals surface area contributed by atoms with Gasteiger partial charge in [0.25, 0.3) is 0 Å². The monoisotopic (exact) mass is 234 g/mol. The smallest absolute Gasteiger partial charge is 0.0573 e. The van der Waals surface area contributed by atoms with Crippen molar-refractivity contribution in [1.29, 1.82) is 0 Å². The van der Waals surface area contributed by atoms with E-state index in [1.807, 2.05) is 0 Å². The van der Waals surface area contributed by atoms with Gasteiger partial charge in [0.15, 0.2) is 0 Å². The van der Waals surface area contributed by atoms with E-state index in [1.165, 1.54) is 11.1 Å². The summed E-state index contributed by atoms with van der Waals surface area (Å²) in [6.45, 7) is 3.73. The van der Waals surface area contributed by atoms with E-state index < -0.39 is 0 Å². The second-order valence-corrected chi connectivity index (χ2v) is 5.04. The predicted molar refractivity (Wildman–Crippen MR) is 69.0 cm³/mol. The molecule has 0 spiro atoms. The van der Waals surface area contributed by atoms with Crippen molar-refractivity contribution >= 4 is 0 Å². The van der Waals surface area contributed by atoms with Crippen LogP contribution in [-0.2, 0) is 11.2 Å². The molecule has 2 rings (SSSR count). The van der Waals surface area contributed by atoms with Crippen LogP contribution in [0.25, 0.3) is 0 Å². The van der Waals surface area contributed by atoms with Gasteiger partial charge in [-0.3, -0.25) is 0 Å². The third kappa shape index (κ3) is 3.83. The average molecular weight is 234 g/mol. The zero-order valence-corrected chi connectivity index (χ0v) is 10.6. The lowest BCUT2D eigenvalue weighted by Gasteiger charge is -2.26. The summed E-state index contributed by atoms with van der Waals surface area (Å²) in [7, 11) is 0. The first kappa shape index (κ1) is 12.6. The number of hydrogen-bond donors (Lipinski definition) is 1. The Hall–Kier alpha value is -0.860. The standard InChI is InChI=1S/C15H22O2/c1-12-3-2-4-13(11-12)5-6-15(16)14-7-9-17-10-8-14/h2-4,11,14-16H,5-10H2,1H3. The number of rotatable bonds is 4. The van der Waals surface area contributed by atoms with Gasteiger partial charge in [-0.05, 0) is 44.1 Å². The lowest BCUT2D eigenvalue weighted by atomic mass is 9.90. The average Bonchev–Trinajstić information content (AvgIpc) is 2.37. The fourth-order valence-corrected chi connectivity index (χ4v) is 2.52. The highest BCUT2D eigenvalue weighted by molar-refractivity contribution is 5.22. The third-order valence-electron chi connectivity index (χ3n) is 3.62. The van der Waals surface area contributed by atoms with E-state index in [-0.39, 0.29) is 6.10 Å². The van der Waals surface area contributed by atoms with Gasteiger partial charge in [-0.1, -0.05) is 29.8 Å². The molecule has 1 aromatic rings. The number of aliphatic hydroxyl groups excluding tert-OH is 1. The molecule has 1 fully saturated rings. The Balaban J connectivity index is 1.80. The van der Waals surface area contributed by atoms with Crippen molar-refractivity contribution in [2.24, 2.45) is 5.92 Å². The number of ether oxygens (including phenoxy) is 1. The van der Waals surface area contributed by atoms with Crippen LogP contribution in [0.3, 0.4) is 0 Å². The molecule has 2 heteroatoms. The molecule has 17 heavy (non-hydrogen) atoms. The largest absolute Gasteiger partial charge is 0.393 e. The summed E-state index contributed by atoms with van der Waals surface area (Å²) in [6.07, 6.45) is 3.69. The SMILES string of the molecule is Cc1cccc(CCC(O)C2CCOCC2)c1. The molecular formula is C15H22O2. The summed E-state index contributed by atoms with van der Waals surface area (Å²) in [5.41, 5.74) is 2.62. The molecule has 1 N–H and O–H groups in total. The Morgan fingerprint density at radius 1 is 1.35 bits per heavy atom. The fourth-order valence-electron chi connectivity index (χ4n) is 2.52. The summed E-state index contributed by atoms with van der Waals surface area (Å²) in [5.74, 6) is 0.438. The zero-order valence-electron chi connectivity index (χ0n) is 10.6. The van der Waals surface area contributed by atoms with E-state index in [4.69, 9.17) is 4.74 Å². The van der Waals surface area contributed by atoms with Gasteiger partial charge in [-0.25, -0.2) is 0 Å². The lowest BCUT2D eigenvalue weighted by Crippen LogP contribution is -2.27. The topological polar surface area (TPSA) is 29.5 Å². The van der Waals surface area contributed by atoms with Gasteiger partial charge in [0.2, 0.25) is 0 Å². The quantitative estimate of drug-likeness (QED) is 0.868. The molecule has 1 unspecified atom stereocenters. The highest BCUT2D eigenvalue weighted by Crippen LogP contribution is 2.22. The Morgan fingerprint density at radius 2 is 2.12 bits per heavy atom. The van der Waals surface area contributed by atoms with Gasteiger partial charge in [0.05, 0.1) is 6.10 Å². The van der Waals surface area contributed by atoms with Gasteiger partial charge in [0.1, 0.15) is 0 Å². The Bertz CT molecular complexity index is 343. The van der Waals surface area contributed by atoms with Crippen molar-refractivity contribution in [2.75, 3.05) is 13.2 Å². The summed E-state index contributed by atoms with van der Waals surface area (Å²) in [4.78, 5) is 0. The van der Waals surface area contributed by atoms with Crippen molar-refractivity contribution in [3.63, 3.8) is 0 Å². The summed E-state index contributed by atoms with van der Waals surface area (Å²) >= 11 is 0. The summed E-state index contributed by atoms with van der Waals surface area (Å²) in [6, 6.07) is 8.55. The van der Waals surface area contributed by atoms with E-state index >= 15 is 0 Å². The second kappa shape index (κ2) is 6.18. The van der Waals surface area contributed by atoms with Gasteiger partial charge in [0, 0.05) is 13.2 Å². The number of hydrogen-bond acceptors (Lipinski definition) is 2. The molecule has 1 aliphatic heterocycles. The van der Waals surface area contributed by atoms with Crippen molar-refractivity contribution in [1.82, 2.24) is 0 Å². The lowest BCUT2D eigenvalue weighted by molar-refractivity contribution is 0.00516. The zero-order chi connectivity index (χ0) is 12.1. The van der Waals surface area contributed by atoms with E-state index in [2.05, 4.69) is 31.2 Å². The second-order valence-electron chi connectivity index (χ2n) is 5.04. The molecule has 1 atom stereocenters. The number of benzene rings is 1. The molecule has 94 valence electrons. The van der Waals surface area contributed by atoms with Crippen LogP contribution in [0.15, 0.2) is 24.3 Å². The van der Waals surface area contributed by atoms with Gasteiger partial charge in [-0.15, -0.1) is 0 Å². The first-order chi connectivity index (χ1) is 8.25. The normalized spacial score (nSPS) is 19.2. The maximum absolute atomic E-state index is 10.1. The molecule has 2 nitrogen and oxygen atoms in total. The maximum atomic E-state index is 10.1. The molecular weight excluding hydrogens is 212 g/mol. The van der Waals surface area contributed by atoms with E-state index in [1.54, 1.807) is 0 Å². The molecule has 0 amide bonds. The first-order valence-electron chi connectivity index (χ1n) is 6.57. The molecule has 0 bridgehead atoms. The fraction of sp³-hybridized carbons (Fsp3) is 0.600. The number of aryl methyl sites for hydroxylation is 2. The highest BCUT2D eigenvalue weighted by Gasteiger charge is 2.21. The first-order valence-corrected chi connectivity index (χ1v) is 6.57. The minimum atomic E-state index is -0.167. The Kier molecular flexibility index (Phi) is 4.57. The molecule has 1 aliphatic rings. The molecule has 1 aromatic carbocycles. The van der Waals surface area contributed by atoms with Crippen molar-refractivity contribution in [3.05, 3.63) is 35.4 Å². The Labute approximate surface area is 104 Å². The van der Waals surface area contributed by atoms with Crippen LogP contribution in [0, 0.1) is 12.8 Å². The Morgan fingerprint density at radius 3 is 2.82 bits per heavy atom. The molecule has 0 radical (unpaired) electrons. The van der Waals surface area contributed by atoms with E-state index in [0.717, 1.165) is 38.9 Å². The predicted octanol–water partition coefficient (Wildman–Crippen LogP) is 2.72. The third-order valence-corrected chi connectivity index (χ3v) is 3.62. The van der Waals surface area contributed by atoms with Crippen molar-refractivity contribution in [3.8, 4) is 0 Å². The van der Waals surface area contributed by atoms with Crippen LogP contribution < -0.4 is 0 Å². The minimum Gasteiger partial charge on any atom is -0.393 e. The van der Waals surface area contributed by atoms with E-state index in [0.29, 0.717) is 5.92 Å². The van der Waals surface area contributed by atoms with Crippen molar-refractivity contribution in [2.45, 2.75) is 38.7 Å². The van der Waals surface area contributed by atoms with Crippen LogP contribution in [0.2, 0.25) is 0 Å². The molecule has 1 heterocycles. The van der Waals surface area contributed by atoms with Crippen LogP contribution in [0.5, 0.6) is 0 Å². The van der Waals surface area contributed by atoms with Gasteiger partial charge < -0.3 is 9.84 Å². The molecule has 0 saturated carbocycles. The van der Waals surface area contributed by atoms with E-state index in [9.17, 15) is 5.11 Å². The van der Waals surface area contributed by atoms with Crippen LogP contribution in [0.4, 0.5) is 0 Å². The highest BCUT2D eigenvalue weighted by atomic mass is 16.5. The minimum absolute atomic E-state index is 0.167. The van der Waals surface area contributed by atoms with Crippen LogP contribution in [0.1, 0.15) is 30.4 Å². The van der Waals surface area contributed by atoms with Crippen LogP contribution >= 0.6 is 0 Å². The van der Waals surface area contributed by atoms with Gasteiger partial charge >= 0.3 is 0 Å². The van der Waals surface area contributed by atoms with Crippen LogP contribution in [-0.4, -0.2) is 24.4 Å². The summed E-state index contributed by atoms with van der Waals surface area (Å²) in [5, 5.41) is 10.1. The van der Waals surface area contributed by atoms with Crippen molar-refractivity contribution < 1.29 is 9.84 Å². The molecule has 0 aromatic heterocycles. The number of aliphatic hydroxyl groups is 1. The van der Waals surface area contributed by atoms with Gasteiger partial charge in [-0.2, -0.15) is 0 Å². The molecule has 0 aliphatic carbocycles. The maximum Gasteiger partial charge on any atom is 0.0573 e.